The van der Waals surface area contributed by atoms with Crippen LogP contribution in [0.2, 0.25) is 0 Å². The highest BCUT2D eigenvalue weighted by Gasteiger charge is 2.43. The number of carbonyl (C=O) groups is 1. The molecule has 1 saturated carbocycles. The molecule has 0 saturated heterocycles. The van der Waals surface area contributed by atoms with E-state index in [2.05, 4.69) is 15.9 Å². The number of rotatable bonds is 5. The van der Waals surface area contributed by atoms with E-state index in [1.165, 1.54) is 0 Å². The van der Waals surface area contributed by atoms with Crippen molar-refractivity contribution in [3.8, 4) is 5.75 Å². The van der Waals surface area contributed by atoms with Crippen molar-refractivity contribution in [3.05, 3.63) is 32.5 Å². The summed E-state index contributed by atoms with van der Waals surface area (Å²) in [6, 6.07) is 1.84. The first-order chi connectivity index (χ1) is 9.43. The zero-order valence-corrected chi connectivity index (χ0v) is 12.1. The first-order valence-corrected chi connectivity index (χ1v) is 6.67. The van der Waals surface area contributed by atoms with Crippen LogP contribution in [0.1, 0.15) is 13.3 Å². The van der Waals surface area contributed by atoms with Gasteiger partial charge >= 0.3 is 5.69 Å². The van der Waals surface area contributed by atoms with Crippen LogP contribution in [0, 0.1) is 15.9 Å². The van der Waals surface area contributed by atoms with Crippen molar-refractivity contribution in [2.75, 3.05) is 6.61 Å². The summed E-state index contributed by atoms with van der Waals surface area (Å²) in [5.41, 5.74) is -0.494. The van der Waals surface area contributed by atoms with E-state index >= 15 is 0 Å². The van der Waals surface area contributed by atoms with Crippen LogP contribution < -0.4 is 4.74 Å². The second-order valence-electron chi connectivity index (χ2n) is 4.20. The SMILES string of the molecule is CCOC1C(=O)CC1Oc1c(Br)cc(F)cc1[N+](=O)[O-]. The van der Waals surface area contributed by atoms with Crippen LogP contribution in [0.4, 0.5) is 10.1 Å². The standard InChI is InChI=1S/C12H11BrFNO5/c1-2-19-12-9(16)5-10(12)20-11-7(13)3-6(14)4-8(11)15(17)18/h3-4,10,12H,2,5H2,1H3. The molecule has 0 bridgehead atoms. The van der Waals surface area contributed by atoms with Crippen molar-refractivity contribution in [3.63, 3.8) is 0 Å². The predicted molar refractivity (Wildman–Crippen MR) is 70.2 cm³/mol. The molecule has 1 fully saturated rings. The Morgan fingerprint density at radius 3 is 2.80 bits per heavy atom. The van der Waals surface area contributed by atoms with Crippen molar-refractivity contribution < 1.29 is 23.6 Å². The minimum absolute atomic E-state index is 0.0985. The monoisotopic (exact) mass is 347 g/mol. The van der Waals surface area contributed by atoms with Crippen molar-refractivity contribution in [1.29, 1.82) is 0 Å². The number of ether oxygens (including phenoxy) is 2. The maximum atomic E-state index is 13.2. The molecular weight excluding hydrogens is 337 g/mol. The fourth-order valence-corrected chi connectivity index (χ4v) is 2.42. The van der Waals surface area contributed by atoms with Gasteiger partial charge in [-0.1, -0.05) is 0 Å². The minimum Gasteiger partial charge on any atom is -0.479 e. The molecule has 1 aliphatic carbocycles. The molecule has 0 aliphatic heterocycles. The topological polar surface area (TPSA) is 78.7 Å². The molecule has 1 aliphatic rings. The molecule has 0 heterocycles. The number of ketones is 1. The van der Waals surface area contributed by atoms with Crippen molar-refractivity contribution >= 4 is 27.4 Å². The summed E-state index contributed by atoms with van der Waals surface area (Å²) in [7, 11) is 0. The van der Waals surface area contributed by atoms with Crippen LogP contribution in [-0.4, -0.2) is 29.5 Å². The van der Waals surface area contributed by atoms with Gasteiger partial charge in [0.15, 0.2) is 11.9 Å². The Morgan fingerprint density at radius 2 is 2.25 bits per heavy atom. The van der Waals surface area contributed by atoms with Gasteiger partial charge in [0.1, 0.15) is 11.9 Å². The molecule has 0 aromatic heterocycles. The Morgan fingerprint density at radius 1 is 1.55 bits per heavy atom. The van der Waals surface area contributed by atoms with Gasteiger partial charge in [-0.2, -0.15) is 0 Å². The molecule has 0 amide bonds. The first kappa shape index (κ1) is 14.9. The molecule has 0 spiro atoms. The maximum absolute atomic E-state index is 13.2. The van der Waals surface area contributed by atoms with E-state index in [0.29, 0.717) is 6.61 Å². The van der Waals surface area contributed by atoms with Crippen molar-refractivity contribution in [2.24, 2.45) is 0 Å². The van der Waals surface area contributed by atoms with Gasteiger partial charge in [0.05, 0.1) is 15.5 Å². The average Bonchev–Trinajstić information content (AvgIpc) is 2.37. The van der Waals surface area contributed by atoms with Crippen LogP contribution >= 0.6 is 15.9 Å². The third kappa shape index (κ3) is 2.80. The Bertz CT molecular complexity index is 565. The lowest BCUT2D eigenvalue weighted by Gasteiger charge is -2.34. The number of hydrogen-bond donors (Lipinski definition) is 0. The van der Waals surface area contributed by atoms with Gasteiger partial charge in [-0.25, -0.2) is 4.39 Å². The number of nitro groups is 1. The second-order valence-corrected chi connectivity index (χ2v) is 5.05. The van der Waals surface area contributed by atoms with Crippen LogP contribution in [-0.2, 0) is 9.53 Å². The Labute approximate surface area is 122 Å². The smallest absolute Gasteiger partial charge is 0.315 e. The first-order valence-electron chi connectivity index (χ1n) is 5.88. The lowest BCUT2D eigenvalue weighted by Crippen LogP contribution is -2.52. The van der Waals surface area contributed by atoms with Gasteiger partial charge < -0.3 is 9.47 Å². The highest BCUT2D eigenvalue weighted by atomic mass is 79.9. The summed E-state index contributed by atoms with van der Waals surface area (Å²) in [6.07, 6.45) is -1.20. The summed E-state index contributed by atoms with van der Waals surface area (Å²) in [6.45, 7) is 2.07. The number of halogens is 2. The molecule has 20 heavy (non-hydrogen) atoms. The van der Waals surface area contributed by atoms with Gasteiger partial charge in [-0.05, 0) is 28.9 Å². The molecular formula is C12H11BrFNO5. The summed E-state index contributed by atoms with van der Waals surface area (Å²) in [5.74, 6) is -0.960. The largest absolute Gasteiger partial charge is 0.479 e. The molecule has 2 unspecified atom stereocenters. The third-order valence-electron chi connectivity index (χ3n) is 2.86. The van der Waals surface area contributed by atoms with Gasteiger partial charge in [0.25, 0.3) is 0 Å². The molecule has 108 valence electrons. The van der Waals surface area contributed by atoms with E-state index in [1.54, 1.807) is 6.92 Å². The molecule has 2 atom stereocenters. The number of hydrogen-bond acceptors (Lipinski definition) is 5. The number of benzene rings is 1. The lowest BCUT2D eigenvalue weighted by atomic mass is 9.90. The highest BCUT2D eigenvalue weighted by molar-refractivity contribution is 9.10. The van der Waals surface area contributed by atoms with Gasteiger partial charge in [0.2, 0.25) is 5.75 Å². The van der Waals surface area contributed by atoms with E-state index in [1.807, 2.05) is 0 Å². The van der Waals surface area contributed by atoms with E-state index in [0.717, 1.165) is 12.1 Å². The third-order valence-corrected chi connectivity index (χ3v) is 3.45. The Balaban J connectivity index is 2.25. The zero-order chi connectivity index (χ0) is 14.9. The molecule has 0 N–H and O–H groups in total. The normalized spacial score (nSPS) is 21.4. The van der Waals surface area contributed by atoms with Crippen LogP contribution in [0.25, 0.3) is 0 Å². The molecule has 0 radical (unpaired) electrons. The van der Waals surface area contributed by atoms with Crippen LogP contribution in [0.5, 0.6) is 5.75 Å². The fourth-order valence-electron chi connectivity index (χ4n) is 1.90. The van der Waals surface area contributed by atoms with Crippen molar-refractivity contribution in [1.82, 2.24) is 0 Å². The summed E-state index contributed by atoms with van der Waals surface area (Å²) in [5, 5.41) is 10.9. The molecule has 8 heteroatoms. The Kier molecular flexibility index (Phi) is 4.34. The van der Waals surface area contributed by atoms with E-state index in [-0.39, 0.29) is 22.4 Å². The number of nitrogens with zero attached hydrogens (tertiary/aromatic N) is 1. The summed E-state index contributed by atoms with van der Waals surface area (Å²) < 4.78 is 24.0. The fraction of sp³-hybridized carbons (Fsp3) is 0.417. The van der Waals surface area contributed by atoms with Gasteiger partial charge in [-0.15, -0.1) is 0 Å². The minimum atomic E-state index is -0.748. The van der Waals surface area contributed by atoms with E-state index in [9.17, 15) is 19.3 Å². The van der Waals surface area contributed by atoms with Crippen LogP contribution in [0.15, 0.2) is 16.6 Å². The van der Waals surface area contributed by atoms with Crippen LogP contribution in [0.3, 0.4) is 0 Å². The number of carbonyl (C=O) groups excluding carboxylic acids is 1. The molecule has 2 rings (SSSR count). The Hall–Kier alpha value is -1.54. The molecule has 1 aromatic rings. The molecule has 6 nitrogen and oxygen atoms in total. The van der Waals surface area contributed by atoms with E-state index in [4.69, 9.17) is 9.47 Å². The highest BCUT2D eigenvalue weighted by Crippen LogP contribution is 2.38. The number of nitro benzene ring substituents is 1. The average molecular weight is 348 g/mol. The quantitative estimate of drug-likeness (QED) is 0.604. The maximum Gasteiger partial charge on any atom is 0.315 e. The summed E-state index contributed by atoms with van der Waals surface area (Å²) >= 11 is 3.03. The van der Waals surface area contributed by atoms with Gasteiger partial charge in [-0.3, -0.25) is 14.9 Å². The van der Waals surface area contributed by atoms with Crippen molar-refractivity contribution in [2.45, 2.75) is 25.6 Å². The summed E-state index contributed by atoms with van der Waals surface area (Å²) in [4.78, 5) is 21.6. The number of Topliss-reactive ketones (excluding diaryl/α,β-unsaturated/α-hetero) is 1. The van der Waals surface area contributed by atoms with E-state index < -0.39 is 28.6 Å². The van der Waals surface area contributed by atoms with Gasteiger partial charge in [0, 0.05) is 13.0 Å². The second kappa shape index (κ2) is 5.84. The zero-order valence-electron chi connectivity index (χ0n) is 10.5. The lowest BCUT2D eigenvalue weighted by molar-refractivity contribution is -0.386. The molecule has 1 aromatic carbocycles. The predicted octanol–water partition coefficient (Wildman–Crippen LogP) is 2.62.